The molecule has 0 saturated carbocycles. The lowest BCUT2D eigenvalue weighted by atomic mass is 9.93. The fourth-order valence-electron chi connectivity index (χ4n) is 4.87. The van der Waals surface area contributed by atoms with Gasteiger partial charge in [0.25, 0.3) is 5.91 Å². The first-order valence-corrected chi connectivity index (χ1v) is 12.5. The van der Waals surface area contributed by atoms with Crippen LogP contribution in [0.4, 0.5) is 0 Å². The second-order valence-corrected chi connectivity index (χ2v) is 9.89. The van der Waals surface area contributed by atoms with Gasteiger partial charge in [0.1, 0.15) is 0 Å². The summed E-state index contributed by atoms with van der Waals surface area (Å²) in [6.45, 7) is 5.45. The van der Waals surface area contributed by atoms with Gasteiger partial charge >= 0.3 is 0 Å². The Kier molecular flexibility index (Phi) is 6.93. The maximum atomic E-state index is 12.9. The van der Waals surface area contributed by atoms with Crippen LogP contribution in [0, 0.1) is 5.92 Å². The highest BCUT2D eigenvalue weighted by Gasteiger charge is 2.22. The Balaban J connectivity index is 1.38. The van der Waals surface area contributed by atoms with Gasteiger partial charge in [0, 0.05) is 83.8 Å². The summed E-state index contributed by atoms with van der Waals surface area (Å²) < 4.78 is 5.50. The summed E-state index contributed by atoms with van der Waals surface area (Å²) in [5.41, 5.74) is 5.66. The van der Waals surface area contributed by atoms with Gasteiger partial charge in [-0.2, -0.15) is 0 Å². The van der Waals surface area contributed by atoms with E-state index in [-0.39, 0.29) is 5.91 Å². The Morgan fingerprint density at radius 3 is 2.50 bits per heavy atom. The molecule has 0 bridgehead atoms. The summed E-state index contributed by atoms with van der Waals surface area (Å²) >= 11 is 6.67. The number of hydrogen-bond donors (Lipinski definition) is 0. The number of pyridine rings is 2. The van der Waals surface area contributed by atoms with Gasteiger partial charge in [0.05, 0.1) is 0 Å². The molecule has 2 aliphatic rings. The van der Waals surface area contributed by atoms with E-state index in [0.717, 1.165) is 79.9 Å². The van der Waals surface area contributed by atoms with Crippen LogP contribution in [-0.2, 0) is 4.74 Å². The lowest BCUT2D eigenvalue weighted by Crippen LogP contribution is -2.37. The highest BCUT2D eigenvalue weighted by atomic mass is 35.5. The highest BCUT2D eigenvalue weighted by Crippen LogP contribution is 2.33. The van der Waals surface area contributed by atoms with Crippen molar-refractivity contribution in [1.82, 2.24) is 14.9 Å². The van der Waals surface area contributed by atoms with Gasteiger partial charge in [0.2, 0.25) is 0 Å². The number of aromatic nitrogens is 2. The van der Waals surface area contributed by atoms with Gasteiger partial charge in [-0.15, -0.1) is 0 Å². The number of carbonyl (C=O) groups is 1. The van der Waals surface area contributed by atoms with Gasteiger partial charge in [-0.25, -0.2) is 0 Å². The number of likely N-dealkylation sites (tertiary alicyclic amines) is 1. The normalized spacial score (nSPS) is 17.6. The fourth-order valence-corrected chi connectivity index (χ4v) is 5.16. The van der Waals surface area contributed by atoms with Gasteiger partial charge in [-0.3, -0.25) is 14.8 Å². The Morgan fingerprint density at radius 1 is 0.971 bits per heavy atom. The molecular weight excluding hydrogens is 446 g/mol. The van der Waals surface area contributed by atoms with E-state index < -0.39 is 0 Å². The molecule has 1 aromatic carbocycles. The lowest BCUT2D eigenvalue weighted by molar-refractivity contribution is 0.0697. The molecule has 0 aliphatic carbocycles. The second kappa shape index (κ2) is 10.2. The maximum Gasteiger partial charge on any atom is 0.253 e. The van der Waals surface area contributed by atoms with Crippen LogP contribution in [0.5, 0.6) is 0 Å². The summed E-state index contributed by atoms with van der Waals surface area (Å²) in [5.74, 6) is 1.18. The summed E-state index contributed by atoms with van der Waals surface area (Å²) in [6, 6.07) is 11.9. The minimum Gasteiger partial charge on any atom is -0.381 e. The Labute approximate surface area is 206 Å². The molecule has 0 N–H and O–H groups in total. The zero-order valence-corrected chi connectivity index (χ0v) is 20.3. The molecule has 0 radical (unpaired) electrons. The van der Waals surface area contributed by atoms with E-state index in [1.807, 2.05) is 41.7 Å². The van der Waals surface area contributed by atoms with Crippen LogP contribution in [0.3, 0.4) is 0 Å². The molecule has 6 heteroatoms. The second-order valence-electron chi connectivity index (χ2n) is 9.49. The predicted octanol–water partition coefficient (Wildman–Crippen LogP) is 6.23. The number of rotatable bonds is 4. The molecule has 34 heavy (non-hydrogen) atoms. The number of amides is 1. The molecule has 0 atom stereocenters. The molecule has 2 aromatic heterocycles. The van der Waals surface area contributed by atoms with Crippen molar-refractivity contribution < 1.29 is 9.53 Å². The smallest absolute Gasteiger partial charge is 0.253 e. The summed E-state index contributed by atoms with van der Waals surface area (Å²) in [6.07, 6.45) is 9.69. The average Bonchev–Trinajstić information content (AvgIpc) is 2.89. The first kappa shape index (κ1) is 23.0. The fraction of sp³-hybridized carbons (Fsp3) is 0.393. The largest absolute Gasteiger partial charge is 0.381 e. The Morgan fingerprint density at radius 2 is 1.74 bits per heavy atom. The minimum absolute atomic E-state index is 0.0599. The molecular formula is C28H30ClN3O2. The van der Waals surface area contributed by atoms with Crippen molar-refractivity contribution in [3.63, 3.8) is 0 Å². The van der Waals surface area contributed by atoms with E-state index in [1.165, 1.54) is 0 Å². The third-order valence-electron chi connectivity index (χ3n) is 7.09. The molecule has 1 amide bonds. The van der Waals surface area contributed by atoms with Crippen molar-refractivity contribution in [3.8, 4) is 22.3 Å². The summed E-state index contributed by atoms with van der Waals surface area (Å²) in [5, 5.41) is 0.563. The van der Waals surface area contributed by atoms with Crippen LogP contribution in [-0.4, -0.2) is 47.1 Å². The van der Waals surface area contributed by atoms with Crippen molar-refractivity contribution in [2.24, 2.45) is 5.92 Å². The summed E-state index contributed by atoms with van der Waals surface area (Å²) in [7, 11) is 0. The van der Waals surface area contributed by atoms with Gasteiger partial charge in [-0.05, 0) is 67.5 Å². The Hall–Kier alpha value is -2.76. The zero-order chi connectivity index (χ0) is 23.5. The third kappa shape index (κ3) is 5.01. The molecule has 0 unspecified atom stereocenters. The quantitative estimate of drug-likeness (QED) is 0.448. The van der Waals surface area contributed by atoms with E-state index in [2.05, 4.69) is 29.0 Å². The first-order chi connectivity index (χ1) is 16.6. The Bertz CT molecular complexity index is 1170. The standard InChI is InChI=1S/C28H30ClN3O2/c1-19-5-10-32(11-6-19)28(33)22-2-3-25(26(29)15-22)24-14-23(17-30-18-24)21-4-9-31-27(16-21)20-7-12-34-13-8-20/h2-4,9,14-20H,5-8,10-13H2,1H3. The SMILES string of the molecule is CC1CCN(C(=O)c2ccc(-c3cncc(-c4ccnc(C5CCOCC5)c4)c3)c(Cl)c2)CC1. The molecule has 2 fully saturated rings. The van der Waals surface area contributed by atoms with Crippen LogP contribution < -0.4 is 0 Å². The molecule has 5 rings (SSSR count). The van der Waals surface area contributed by atoms with Crippen molar-refractivity contribution in [3.05, 3.63) is 71.3 Å². The number of ether oxygens (including phenoxy) is 1. The monoisotopic (exact) mass is 475 g/mol. The van der Waals surface area contributed by atoms with E-state index in [4.69, 9.17) is 16.3 Å². The average molecular weight is 476 g/mol. The highest BCUT2D eigenvalue weighted by molar-refractivity contribution is 6.33. The van der Waals surface area contributed by atoms with Crippen LogP contribution >= 0.6 is 11.6 Å². The van der Waals surface area contributed by atoms with Crippen molar-refractivity contribution in [1.29, 1.82) is 0 Å². The number of nitrogens with zero attached hydrogens (tertiary/aromatic N) is 3. The summed E-state index contributed by atoms with van der Waals surface area (Å²) in [4.78, 5) is 24.0. The van der Waals surface area contributed by atoms with Crippen LogP contribution in [0.25, 0.3) is 22.3 Å². The van der Waals surface area contributed by atoms with Crippen molar-refractivity contribution >= 4 is 17.5 Å². The van der Waals surface area contributed by atoms with Gasteiger partial charge in [0.15, 0.2) is 0 Å². The molecule has 2 saturated heterocycles. The van der Waals surface area contributed by atoms with Gasteiger partial charge < -0.3 is 9.64 Å². The number of benzene rings is 1. The third-order valence-corrected chi connectivity index (χ3v) is 7.40. The molecule has 2 aliphatic heterocycles. The topological polar surface area (TPSA) is 55.3 Å². The predicted molar refractivity (Wildman–Crippen MR) is 135 cm³/mol. The maximum absolute atomic E-state index is 12.9. The molecule has 5 nitrogen and oxygen atoms in total. The molecule has 3 aromatic rings. The molecule has 4 heterocycles. The number of halogens is 1. The van der Waals surface area contributed by atoms with E-state index in [1.54, 1.807) is 6.07 Å². The minimum atomic E-state index is 0.0599. The number of piperidine rings is 1. The van der Waals surface area contributed by atoms with Crippen molar-refractivity contribution in [2.45, 2.75) is 38.5 Å². The number of carbonyl (C=O) groups excluding carboxylic acids is 1. The van der Waals surface area contributed by atoms with Crippen molar-refractivity contribution in [2.75, 3.05) is 26.3 Å². The molecule has 176 valence electrons. The van der Waals surface area contributed by atoms with E-state index in [0.29, 0.717) is 22.4 Å². The van der Waals surface area contributed by atoms with Crippen LogP contribution in [0.15, 0.2) is 55.0 Å². The van der Waals surface area contributed by atoms with Crippen LogP contribution in [0.2, 0.25) is 5.02 Å². The molecule has 0 spiro atoms. The van der Waals surface area contributed by atoms with E-state index >= 15 is 0 Å². The van der Waals surface area contributed by atoms with E-state index in [9.17, 15) is 4.79 Å². The lowest BCUT2D eigenvalue weighted by Gasteiger charge is -2.30. The van der Waals surface area contributed by atoms with Gasteiger partial charge in [-0.1, -0.05) is 24.6 Å². The zero-order valence-electron chi connectivity index (χ0n) is 19.5. The van der Waals surface area contributed by atoms with Crippen LogP contribution in [0.1, 0.15) is 54.6 Å². The first-order valence-electron chi connectivity index (χ1n) is 12.2. The number of hydrogen-bond acceptors (Lipinski definition) is 4.